The van der Waals surface area contributed by atoms with Crippen LogP contribution in [0.3, 0.4) is 0 Å². The van der Waals surface area contributed by atoms with Gasteiger partial charge in [0.1, 0.15) is 23.4 Å². The van der Waals surface area contributed by atoms with Gasteiger partial charge in [0.25, 0.3) is 0 Å². The van der Waals surface area contributed by atoms with Crippen LogP contribution in [0.25, 0.3) is 39.0 Å². The highest BCUT2D eigenvalue weighted by molar-refractivity contribution is 7.13. The molecular formula is C42H47BFN5O6S. The molecule has 3 atom stereocenters. The van der Waals surface area contributed by atoms with Gasteiger partial charge in [-0.05, 0) is 101 Å². The van der Waals surface area contributed by atoms with Crippen molar-refractivity contribution in [3.05, 3.63) is 82.7 Å². The maximum Gasteiger partial charge on any atom is 0.494 e. The molecule has 0 spiro atoms. The van der Waals surface area contributed by atoms with Gasteiger partial charge in [-0.1, -0.05) is 32.6 Å². The third kappa shape index (κ3) is 6.41. The van der Waals surface area contributed by atoms with Crippen LogP contribution in [0.2, 0.25) is 0 Å². The van der Waals surface area contributed by atoms with Crippen molar-refractivity contribution in [1.82, 2.24) is 24.8 Å². The van der Waals surface area contributed by atoms with Crippen molar-refractivity contribution >= 4 is 52.4 Å². The first-order chi connectivity index (χ1) is 26.6. The van der Waals surface area contributed by atoms with Crippen LogP contribution in [0.5, 0.6) is 5.75 Å². The first kappa shape index (κ1) is 38.0. The predicted molar refractivity (Wildman–Crippen MR) is 216 cm³/mol. The van der Waals surface area contributed by atoms with Gasteiger partial charge in [0.2, 0.25) is 12.1 Å². The van der Waals surface area contributed by atoms with E-state index >= 15 is 4.39 Å². The van der Waals surface area contributed by atoms with E-state index in [0.717, 1.165) is 38.1 Å². The summed E-state index contributed by atoms with van der Waals surface area (Å²) in [7, 11) is 0.729. The summed E-state index contributed by atoms with van der Waals surface area (Å²) in [6, 6.07) is 14.4. The zero-order valence-corrected chi connectivity index (χ0v) is 33.8. The van der Waals surface area contributed by atoms with E-state index in [1.165, 1.54) is 13.2 Å². The molecule has 2 fully saturated rings. The number of imidazole rings is 1. The second-order valence-corrected chi connectivity index (χ2v) is 17.4. The molecule has 6 heterocycles. The number of carbonyl (C=O) groups excluding carboxylic acids is 2. The molecule has 2 N–H and O–H groups in total. The molecule has 3 aliphatic heterocycles. The average molecular weight is 780 g/mol. The Bertz CT molecular complexity index is 2370. The number of fused-ring (bicyclic) bond motifs is 5. The fraction of sp³-hybridized carbons (Fsp3) is 0.405. The number of halogens is 1. The van der Waals surface area contributed by atoms with E-state index in [4.69, 9.17) is 18.8 Å². The molecule has 292 valence electrons. The Kier molecular flexibility index (Phi) is 9.45. The number of hydrogen-bond acceptors (Lipinski definition) is 8. The van der Waals surface area contributed by atoms with Crippen LogP contribution >= 0.6 is 11.3 Å². The summed E-state index contributed by atoms with van der Waals surface area (Å²) in [4.78, 5) is 37.6. The molecule has 0 aliphatic carbocycles. The highest BCUT2D eigenvalue weighted by Gasteiger charge is 2.52. The van der Waals surface area contributed by atoms with E-state index in [1.54, 1.807) is 22.4 Å². The van der Waals surface area contributed by atoms with Gasteiger partial charge < -0.3 is 34.0 Å². The Morgan fingerprint density at radius 1 is 1.11 bits per heavy atom. The molecule has 56 heavy (non-hydrogen) atoms. The van der Waals surface area contributed by atoms with Crippen molar-refractivity contribution in [3.63, 3.8) is 0 Å². The molecule has 0 radical (unpaired) electrons. The number of methoxy groups -OCH3 is 1. The van der Waals surface area contributed by atoms with Crippen LogP contribution in [0, 0.1) is 11.7 Å². The van der Waals surface area contributed by atoms with Gasteiger partial charge in [-0.15, -0.1) is 11.3 Å². The minimum absolute atomic E-state index is 0.158. The number of aromatic amines is 1. The minimum Gasteiger partial charge on any atom is -0.464 e. The Labute approximate surface area is 330 Å². The molecule has 8 rings (SSSR count). The quantitative estimate of drug-likeness (QED) is 0.152. The smallest absolute Gasteiger partial charge is 0.464 e. The van der Waals surface area contributed by atoms with Crippen molar-refractivity contribution in [2.75, 3.05) is 13.7 Å². The predicted octanol–water partition coefficient (Wildman–Crippen LogP) is 8.21. The monoisotopic (exact) mass is 779 g/mol. The van der Waals surface area contributed by atoms with Crippen molar-refractivity contribution < 1.29 is 32.8 Å². The molecule has 3 aromatic heterocycles. The molecule has 14 heteroatoms. The number of alkyl carbamates (subject to hydrolysis) is 1. The van der Waals surface area contributed by atoms with Crippen molar-refractivity contribution in [2.45, 2.75) is 90.8 Å². The second-order valence-electron chi connectivity index (χ2n) is 16.3. The summed E-state index contributed by atoms with van der Waals surface area (Å²) in [5, 5.41) is 3.59. The van der Waals surface area contributed by atoms with Crippen LogP contribution in [0.15, 0.2) is 61.3 Å². The number of carbonyl (C=O) groups is 2. The highest BCUT2D eigenvalue weighted by atomic mass is 32.1. The summed E-state index contributed by atoms with van der Waals surface area (Å²) in [6.45, 7) is 18.5. The minimum atomic E-state index is -0.752. The number of allylic oxidation sites excluding steroid dienone is 1. The second kappa shape index (κ2) is 13.9. The summed E-state index contributed by atoms with van der Waals surface area (Å²) >= 11 is 1.60. The fourth-order valence-electron chi connectivity index (χ4n) is 7.82. The number of hydrogen-bond donors (Lipinski definition) is 2. The average Bonchev–Trinajstić information content (AvgIpc) is 3.99. The van der Waals surface area contributed by atoms with Gasteiger partial charge in [-0.2, -0.15) is 0 Å². The number of amides is 2. The number of thiophene rings is 1. The number of ether oxygens (including phenoxy) is 2. The maximum absolute atomic E-state index is 16.7. The molecule has 2 saturated heterocycles. The number of likely N-dealkylation sites (tertiary alicyclic amines) is 1. The van der Waals surface area contributed by atoms with E-state index in [0.29, 0.717) is 47.1 Å². The van der Waals surface area contributed by atoms with Crippen LogP contribution in [0.4, 0.5) is 9.18 Å². The number of H-pyrrole nitrogens is 1. The number of benzene rings is 2. The third-order valence-electron chi connectivity index (χ3n) is 11.6. The van der Waals surface area contributed by atoms with Gasteiger partial charge >= 0.3 is 13.2 Å². The van der Waals surface area contributed by atoms with E-state index in [2.05, 4.69) is 32.5 Å². The number of rotatable bonds is 8. The molecule has 11 nitrogen and oxygen atoms in total. The Morgan fingerprint density at radius 2 is 1.86 bits per heavy atom. The lowest BCUT2D eigenvalue weighted by molar-refractivity contribution is -0.135. The SMILES string of the molecule is C=C(C)c1ccc(C2Oc3cc(-c4cnc([C@@H]5CCCN5C(=O)[C@@H](NC(=O)OC)C(C)C)[nH]4)cc(F)c3-c3cc4cc(B5OC(C)(C)C(C)(C)O5)ccc4n32)s1. The summed E-state index contributed by atoms with van der Waals surface area (Å²) < 4.78 is 43.0. The lowest BCUT2D eigenvalue weighted by Gasteiger charge is -2.32. The molecule has 0 saturated carbocycles. The Morgan fingerprint density at radius 3 is 2.54 bits per heavy atom. The van der Waals surface area contributed by atoms with Crippen molar-refractivity contribution in [3.8, 4) is 28.3 Å². The fourth-order valence-corrected chi connectivity index (χ4v) is 8.78. The van der Waals surface area contributed by atoms with Gasteiger partial charge in [-0.3, -0.25) is 9.36 Å². The Hall–Kier alpha value is -4.92. The van der Waals surface area contributed by atoms with Crippen LogP contribution in [-0.2, 0) is 18.8 Å². The molecule has 2 amide bonds. The van der Waals surface area contributed by atoms with E-state index in [-0.39, 0.29) is 17.9 Å². The van der Waals surface area contributed by atoms with Gasteiger partial charge in [0.05, 0.1) is 57.9 Å². The molecule has 0 bridgehead atoms. The van der Waals surface area contributed by atoms with Crippen LogP contribution in [0.1, 0.15) is 89.2 Å². The van der Waals surface area contributed by atoms with Crippen LogP contribution < -0.4 is 15.5 Å². The van der Waals surface area contributed by atoms with E-state index in [1.807, 2.05) is 84.9 Å². The lowest BCUT2D eigenvalue weighted by Crippen LogP contribution is -2.51. The largest absolute Gasteiger partial charge is 0.494 e. The van der Waals surface area contributed by atoms with E-state index in [9.17, 15) is 9.59 Å². The van der Waals surface area contributed by atoms with Crippen LogP contribution in [-0.4, -0.2) is 69.5 Å². The molecule has 1 unspecified atom stereocenters. The summed E-state index contributed by atoms with van der Waals surface area (Å²) in [5.41, 5.74) is 3.94. The molecule has 3 aliphatic rings. The number of aromatic nitrogens is 3. The molecule has 5 aromatic rings. The normalized spacial score (nSPS) is 20.2. The first-order valence-corrected chi connectivity index (χ1v) is 19.9. The topological polar surface area (TPSA) is 120 Å². The van der Waals surface area contributed by atoms with Crippen molar-refractivity contribution in [1.29, 1.82) is 0 Å². The first-order valence-electron chi connectivity index (χ1n) is 19.0. The van der Waals surface area contributed by atoms with Crippen molar-refractivity contribution in [2.24, 2.45) is 5.92 Å². The third-order valence-corrected chi connectivity index (χ3v) is 12.9. The zero-order chi connectivity index (χ0) is 39.8. The lowest BCUT2D eigenvalue weighted by atomic mass is 9.78. The van der Waals surface area contributed by atoms with E-state index < -0.39 is 42.5 Å². The highest BCUT2D eigenvalue weighted by Crippen LogP contribution is 2.48. The maximum atomic E-state index is 16.7. The zero-order valence-electron chi connectivity index (χ0n) is 33.0. The van der Waals surface area contributed by atoms with Gasteiger partial charge in [0.15, 0.2) is 0 Å². The number of nitrogens with zero attached hydrogens (tertiary/aromatic N) is 3. The molecular weight excluding hydrogens is 732 g/mol. The standard InChI is InChI=1S/C42H47BFN5O6S/c1-22(2)33-14-15-34(56-33)39-49-29-13-12-26(43-54-41(5,6)42(7,8)55-43)17-25(29)19-31(49)35-27(44)18-24(20-32(35)53-39)28-21-45-37(46-28)30-11-10-16-48(30)38(50)36(23(3)4)47-40(51)52-9/h12-15,17-21,23,30,36,39H,1,10-11,16H2,2-9H3,(H,45,46)(H,47,51)/t30-,36-,39?/m0/s1. The van der Waals surface area contributed by atoms with Gasteiger partial charge in [-0.25, -0.2) is 14.2 Å². The van der Waals surface area contributed by atoms with Gasteiger partial charge in [0, 0.05) is 22.4 Å². The Balaban J connectivity index is 1.16. The summed E-state index contributed by atoms with van der Waals surface area (Å²) in [5.74, 6) is 0.190. The summed E-state index contributed by atoms with van der Waals surface area (Å²) in [6.07, 6.45) is 1.90. The number of nitrogens with one attached hydrogen (secondary N) is 2. The molecule has 2 aromatic carbocycles.